The minimum Gasteiger partial charge on any atom is -0.147 e. The summed E-state index contributed by atoms with van der Waals surface area (Å²) in [6, 6.07) is 52.8. The van der Waals surface area contributed by atoms with Crippen LogP contribution in [0.4, 0.5) is 0 Å². The van der Waals surface area contributed by atoms with Crippen LogP contribution in [0.1, 0.15) is 60.0 Å². The summed E-state index contributed by atoms with van der Waals surface area (Å²) in [6.45, 7) is 12.0. The van der Waals surface area contributed by atoms with Gasteiger partial charge in [-0.15, -0.1) is 24.8 Å². The Kier molecular flexibility index (Phi) is 10.5. The minimum atomic E-state index is -3.37. The first-order valence-corrected chi connectivity index (χ1v) is 28.8. The molecule has 4 heteroatoms. The molecule has 0 radical (unpaired) electrons. The molecule has 0 aliphatic heterocycles. The SMILES string of the molecule is CC1=Cc2c(-c3cccc4ccccc34)cc(C)cc2[CH]1[Zr](=[SiH2])([CH2]c1ccccc1)[CH]1C(C)=Cc2c(-c3cccc4ccccc34)cc(C)cc21.Cl.Cl. The Labute approximate surface area is 332 Å². The summed E-state index contributed by atoms with van der Waals surface area (Å²) < 4.78 is 2.15. The van der Waals surface area contributed by atoms with Crippen molar-refractivity contribution in [1.29, 1.82) is 0 Å². The normalized spacial score (nSPS) is 16.9. The van der Waals surface area contributed by atoms with Crippen LogP contribution < -0.4 is 0 Å². The van der Waals surface area contributed by atoms with Gasteiger partial charge in [-0.3, -0.25) is 0 Å². The molecule has 7 aromatic carbocycles. The third-order valence-electron chi connectivity index (χ3n) is 11.7. The van der Waals surface area contributed by atoms with E-state index in [1.54, 1.807) is 22.3 Å². The number of allylic oxidation sites excluding steroid dienone is 2. The van der Waals surface area contributed by atoms with Gasteiger partial charge in [-0.1, -0.05) is 0 Å². The summed E-state index contributed by atoms with van der Waals surface area (Å²) in [4.78, 5) is 0. The van der Waals surface area contributed by atoms with Gasteiger partial charge in [-0.25, -0.2) is 0 Å². The predicted molar refractivity (Wildman–Crippen MR) is 234 cm³/mol. The molecule has 0 N–H and O–H groups in total. The Hall–Kier alpha value is -3.78. The van der Waals surface area contributed by atoms with Crippen molar-refractivity contribution in [2.45, 2.75) is 39.1 Å². The van der Waals surface area contributed by atoms with E-state index in [9.17, 15) is 0 Å². The molecular weight excluding hydrogens is 779 g/mol. The Morgan fingerprint density at radius 3 is 1.36 bits per heavy atom. The summed E-state index contributed by atoms with van der Waals surface area (Å²) in [6.07, 6.45) is 5.15. The quantitative estimate of drug-likeness (QED) is 0.147. The molecule has 0 aromatic heterocycles. The zero-order valence-electron chi connectivity index (χ0n) is 30.8. The second-order valence-electron chi connectivity index (χ2n) is 15.2. The minimum absolute atomic E-state index is 0. The maximum absolute atomic E-state index is 3.37. The van der Waals surface area contributed by atoms with Crippen molar-refractivity contribution in [3.05, 3.63) is 190 Å². The van der Waals surface area contributed by atoms with Crippen LogP contribution in [0.15, 0.2) is 151 Å². The number of aryl methyl sites for hydroxylation is 2. The monoisotopic (exact) mass is 821 g/mol. The van der Waals surface area contributed by atoms with Crippen LogP contribution in [0.5, 0.6) is 0 Å². The van der Waals surface area contributed by atoms with Crippen molar-refractivity contribution in [3.63, 3.8) is 0 Å². The largest absolute Gasteiger partial charge is 0.147 e. The summed E-state index contributed by atoms with van der Waals surface area (Å²) in [5.41, 5.74) is 18.8. The van der Waals surface area contributed by atoms with Gasteiger partial charge >= 0.3 is 310 Å². The molecule has 263 valence electrons. The van der Waals surface area contributed by atoms with Crippen LogP contribution >= 0.6 is 24.8 Å². The third kappa shape index (κ3) is 6.36. The molecule has 2 aliphatic rings. The van der Waals surface area contributed by atoms with Crippen molar-refractivity contribution in [2.75, 3.05) is 0 Å². The maximum Gasteiger partial charge on any atom is -0.147 e. The van der Waals surface area contributed by atoms with Gasteiger partial charge in [0, 0.05) is 0 Å². The molecule has 7 aromatic rings. The van der Waals surface area contributed by atoms with Gasteiger partial charge < -0.3 is 0 Å². The van der Waals surface area contributed by atoms with E-state index in [0.717, 1.165) is 0 Å². The molecule has 2 aliphatic carbocycles. The summed E-state index contributed by atoms with van der Waals surface area (Å²) in [5.74, 6) is 0. The molecule has 2 atom stereocenters. The molecule has 53 heavy (non-hydrogen) atoms. The fourth-order valence-electron chi connectivity index (χ4n) is 9.80. The molecule has 0 amide bonds. The zero-order chi connectivity index (χ0) is 34.9. The first-order chi connectivity index (χ1) is 24.8. The smallest absolute Gasteiger partial charge is 0.147 e. The Bertz CT molecular complexity index is 2480. The molecule has 0 fully saturated rings. The molecule has 0 nitrogen and oxygen atoms in total. The van der Waals surface area contributed by atoms with E-state index in [2.05, 4.69) is 186 Å². The molecule has 9 rings (SSSR count). The van der Waals surface area contributed by atoms with E-state index in [0.29, 0.717) is 7.25 Å². The fourth-order valence-corrected chi connectivity index (χ4v) is 31.3. The zero-order valence-corrected chi connectivity index (χ0v) is 36.3. The third-order valence-corrected chi connectivity index (χ3v) is 30.0. The van der Waals surface area contributed by atoms with Gasteiger partial charge in [0.1, 0.15) is 0 Å². The standard InChI is InChI=1S/2C21H17.C7H7.2ClH.H2Si.Zr/c2*1-14-10-17-11-15(2)13-21(20(17)12-14)19-9-5-7-16-6-3-4-8-18(16)19;1-7-5-3-2-4-6-7;;;;/h2*3-13H,1-2H3;2-6H,1H2;2*1H;1H2;. The van der Waals surface area contributed by atoms with E-state index in [1.807, 2.05) is 0 Å². The first-order valence-electron chi connectivity index (χ1n) is 18.3. The number of fused-ring (bicyclic) bond motifs is 4. The number of benzene rings is 7. The van der Waals surface area contributed by atoms with Gasteiger partial charge in [0.05, 0.1) is 0 Å². The summed E-state index contributed by atoms with van der Waals surface area (Å²) in [5, 5.41) is 5.27. The van der Waals surface area contributed by atoms with Gasteiger partial charge in [0.2, 0.25) is 0 Å². The van der Waals surface area contributed by atoms with E-state index in [1.165, 1.54) is 75.7 Å². The number of hydrogen-bond donors (Lipinski definition) is 0. The second kappa shape index (κ2) is 14.8. The number of hydrogen-bond acceptors (Lipinski definition) is 0. The topological polar surface area (TPSA) is 0 Å². The molecule has 2 unspecified atom stereocenters. The van der Waals surface area contributed by atoms with E-state index < -0.39 is 18.9 Å². The van der Waals surface area contributed by atoms with Crippen LogP contribution in [0, 0.1) is 13.8 Å². The van der Waals surface area contributed by atoms with Crippen LogP contribution in [-0.4, -0.2) is 6.88 Å². The average molecular weight is 824 g/mol. The van der Waals surface area contributed by atoms with E-state index in [4.69, 9.17) is 0 Å². The summed E-state index contributed by atoms with van der Waals surface area (Å²) >= 11 is -3.37. The molecule has 0 saturated carbocycles. The van der Waals surface area contributed by atoms with Gasteiger partial charge in [0.25, 0.3) is 0 Å². The van der Waals surface area contributed by atoms with Crippen molar-refractivity contribution in [2.24, 2.45) is 0 Å². The fraction of sp³-hybridized carbons (Fsp3) is 0.143. The van der Waals surface area contributed by atoms with Gasteiger partial charge in [-0.2, -0.15) is 0 Å². The predicted octanol–water partition coefficient (Wildman–Crippen LogP) is 13.3. The van der Waals surface area contributed by atoms with Gasteiger partial charge in [0.15, 0.2) is 0 Å². The van der Waals surface area contributed by atoms with Crippen molar-refractivity contribution in [3.8, 4) is 22.3 Å². The van der Waals surface area contributed by atoms with Crippen LogP contribution in [-0.2, 0) is 23.0 Å². The maximum atomic E-state index is 2.58. The molecule has 0 bridgehead atoms. The van der Waals surface area contributed by atoms with E-state index in [-0.39, 0.29) is 24.8 Å². The Balaban J connectivity index is 0.00000218. The molecule has 0 spiro atoms. The van der Waals surface area contributed by atoms with Gasteiger partial charge in [-0.05, 0) is 0 Å². The average Bonchev–Trinajstić information content (AvgIpc) is 3.66. The van der Waals surface area contributed by atoms with E-state index >= 15 is 0 Å². The van der Waals surface area contributed by atoms with Crippen LogP contribution in [0.2, 0.25) is 0 Å². The first kappa shape index (κ1) is 37.5. The van der Waals surface area contributed by atoms with Crippen LogP contribution in [0.25, 0.3) is 56.0 Å². The van der Waals surface area contributed by atoms with Crippen molar-refractivity contribution in [1.82, 2.24) is 0 Å². The number of halogens is 2. The Morgan fingerprint density at radius 1 is 0.472 bits per heavy atom. The molecule has 0 saturated heterocycles. The summed E-state index contributed by atoms with van der Waals surface area (Å²) in [7, 11) is 0. The molecular formula is C49H45Cl2SiZr. The Morgan fingerprint density at radius 2 is 0.887 bits per heavy atom. The number of rotatable bonds is 6. The molecule has 0 heterocycles. The van der Waals surface area contributed by atoms with Crippen LogP contribution in [0.3, 0.4) is 0 Å². The second-order valence-corrected chi connectivity index (χ2v) is 32.8. The van der Waals surface area contributed by atoms with Crippen molar-refractivity contribution < 1.29 is 18.9 Å². The van der Waals surface area contributed by atoms with Crippen molar-refractivity contribution >= 4 is 65.4 Å².